The third-order valence-corrected chi connectivity index (χ3v) is 47.6. The summed E-state index contributed by atoms with van der Waals surface area (Å²) < 4.78 is 0. The van der Waals surface area contributed by atoms with E-state index in [1.165, 1.54) is 45.8 Å². The first kappa shape index (κ1) is 116. The third kappa shape index (κ3) is 120. The van der Waals surface area contributed by atoms with Crippen molar-refractivity contribution in [1.82, 2.24) is 0 Å². The molecule has 0 aromatic heterocycles. The van der Waals surface area contributed by atoms with Gasteiger partial charge < -0.3 is 102 Å². The van der Waals surface area contributed by atoms with Crippen LogP contribution in [-0.2, 0) is 32.7 Å². The second kappa shape index (κ2) is 54.0. The molecule has 579 valence electrons. The molecule has 0 saturated carbocycles. The monoisotopic (exact) mass is 1950 g/mol. The van der Waals surface area contributed by atoms with Gasteiger partial charge in [0.15, 0.2) is 0 Å². The van der Waals surface area contributed by atoms with E-state index in [9.17, 15) is 57.5 Å². The summed E-state index contributed by atoms with van der Waals surface area (Å²) >= 11 is 72.6. The Morgan fingerprint density at radius 2 is 0.411 bits per heavy atom. The summed E-state index contributed by atoms with van der Waals surface area (Å²) in [5.74, 6) is 0. The van der Waals surface area contributed by atoms with Gasteiger partial charge in [0.05, 0.1) is 0 Å². The molecule has 0 amide bonds. The van der Waals surface area contributed by atoms with Crippen molar-refractivity contribution in [1.29, 1.82) is 0 Å². The van der Waals surface area contributed by atoms with Crippen LogP contribution in [0.3, 0.4) is 0 Å². The maximum absolute atomic E-state index is 9.71. The van der Waals surface area contributed by atoms with Gasteiger partial charge in [0.1, 0.15) is 0 Å². The Morgan fingerprint density at radius 1 is 0.200 bits per heavy atom. The summed E-state index contributed by atoms with van der Waals surface area (Å²) in [6, 6.07) is 8.99. The van der Waals surface area contributed by atoms with Gasteiger partial charge in [0.2, 0.25) is 20.1 Å². The van der Waals surface area contributed by atoms with E-state index in [1.54, 1.807) is 13.1 Å². The molecule has 0 saturated heterocycles. The predicted molar refractivity (Wildman–Crippen MR) is 438 cm³/mol. The molecular weight excluding hydrogens is 1840 g/mol. The molecule has 0 fully saturated rings. The smallest absolute Gasteiger partial charge is 0.332 e. The number of hydrogen-bond donors (Lipinski definition) is 20. The third-order valence-electron chi connectivity index (χ3n) is 13.0. The van der Waals surface area contributed by atoms with Gasteiger partial charge in [-0.3, -0.25) is 0 Å². The molecule has 0 aromatic carbocycles. The molecule has 49 heteroatoms. The summed E-state index contributed by atoms with van der Waals surface area (Å²) in [6.45, 7) is 8.33. The second-order valence-electron chi connectivity index (χ2n) is 27.4. The predicted octanol–water partition coefficient (Wildman–Crippen LogP) is 12.5. The van der Waals surface area contributed by atoms with Crippen molar-refractivity contribution in [3.8, 4) is 0 Å². The molecule has 2 unspecified atom stereocenters. The Hall–Kier alpha value is 7.25. The second-order valence-corrected chi connectivity index (χ2v) is 104. The average Bonchev–Trinajstić information content (AvgIpc) is 1.000. The molecule has 20 nitrogen and oxygen atoms in total. The molecule has 0 heterocycles. The largest absolute Gasteiger partial charge is 0.420 e. The Labute approximate surface area is 668 Å². The van der Waals surface area contributed by atoms with E-state index in [0.29, 0.717) is 43.4 Å². The fraction of sp³-hybridized carbons (Fsp3) is 0.978. The number of hydrogen-bond acceptors (Lipinski definition) is 20. The van der Waals surface area contributed by atoms with E-state index < -0.39 is 126 Å². The van der Waals surface area contributed by atoms with Crippen molar-refractivity contribution in [2.24, 2.45) is 0 Å². The molecule has 0 rings (SSSR count). The summed E-state index contributed by atoms with van der Waals surface area (Å²) in [5, 5.41) is 0. The van der Waals surface area contributed by atoms with E-state index in [2.05, 4.69) is 6.42 Å². The van der Waals surface area contributed by atoms with E-state index in [-0.39, 0.29) is 81.1 Å². The average molecular weight is 1960 g/mol. The number of halogens is 12. The molecular formula is C46H123Cl12O20Si16Y-. The zero-order valence-electron chi connectivity index (χ0n) is 58.0. The first-order valence-corrected chi connectivity index (χ1v) is 84.9. The van der Waals surface area contributed by atoms with Crippen LogP contribution in [0, 0.1) is 6.42 Å². The maximum Gasteiger partial charge on any atom is 0.332 e. The van der Waals surface area contributed by atoms with Gasteiger partial charge in [-0.15, -0.1) is 133 Å². The van der Waals surface area contributed by atoms with Crippen LogP contribution in [-0.4, -0.2) is 222 Å². The molecule has 0 bridgehead atoms. The van der Waals surface area contributed by atoms with Crippen LogP contribution in [0.15, 0.2) is 0 Å². The van der Waals surface area contributed by atoms with E-state index >= 15 is 0 Å². The normalized spacial score (nSPS) is 14.8. The number of rotatable bonds is 44. The number of unbranched alkanes of at least 4 members (excludes halogenated alkanes) is 8. The Kier molecular flexibility index (Phi) is 65.7. The Morgan fingerprint density at radius 3 is 0.653 bits per heavy atom. The minimum Gasteiger partial charge on any atom is -0.420 e. The van der Waals surface area contributed by atoms with Crippen molar-refractivity contribution >= 4 is 259 Å². The van der Waals surface area contributed by atoms with Crippen molar-refractivity contribution in [2.45, 2.75) is 283 Å². The van der Waals surface area contributed by atoms with E-state index in [4.69, 9.17) is 171 Å². The van der Waals surface area contributed by atoms with Gasteiger partial charge in [-0.2, -0.15) is 12.8 Å². The topological polar surface area (TPSA) is 405 Å². The zero-order chi connectivity index (χ0) is 76.0. The van der Waals surface area contributed by atoms with Crippen LogP contribution in [0.2, 0.25) is 199 Å². The quantitative estimate of drug-likeness (QED) is 0.0117. The minimum atomic E-state index is -3.49. The maximum atomic E-state index is 9.71. The van der Waals surface area contributed by atoms with E-state index in [0.717, 1.165) is 113 Å². The standard InChI is InChI=1S/C9H22Cl2O2Si2.C9H23O4Si2.C8H20Cl4O2Si3.C8H24O6Si3.C6H14Cl6Si3.C6H20O6Si3.Y/c1-14(10,12)8-6-4-3-5-7-9-15(2,11)13;1-14(10,11)8-6-4-3-5-7-9-15(2,12)13;1-15(9,10)5-3-7-17(11,12)8-4-6-16(2,13)14;1-15(9,10)5-3-7-17(13,14)8-4-6-16(2,11)12;2*1-13(7,8)3-5-15(11,12)6-4-14(2,9)10;/h12-13H,3-9H2,1-2H3;3,10-13H,4-9H2,1-2H3;13-14H,3-8H2,1-2H3;9-14H,3-8H2,1-2H3;3-6H2,1-2H3;7-12H,3-6H2,1-2H3;/q;-1;;;;;. The van der Waals surface area contributed by atoms with E-state index in [1.807, 2.05) is 19.6 Å². The molecule has 1 radical (unpaired) electrons. The Bertz CT molecular complexity index is 1620. The van der Waals surface area contributed by atoms with Crippen LogP contribution in [0.4, 0.5) is 0 Å². The van der Waals surface area contributed by atoms with Crippen LogP contribution in [0.1, 0.15) is 83.5 Å². The zero-order valence-corrected chi connectivity index (χ0v) is 85.9. The molecule has 95 heavy (non-hydrogen) atoms. The van der Waals surface area contributed by atoms with Crippen LogP contribution < -0.4 is 0 Å². The summed E-state index contributed by atoms with van der Waals surface area (Å²) in [7, 11) is -32.8. The molecule has 0 aliphatic heterocycles. The van der Waals surface area contributed by atoms with Gasteiger partial charge in [0, 0.05) is 32.7 Å². The Balaban J connectivity index is -0.000000195. The summed E-state index contributed by atoms with van der Waals surface area (Å²) in [4.78, 5) is 186. The fourth-order valence-corrected chi connectivity index (χ4v) is 43.3. The van der Waals surface area contributed by atoms with Crippen LogP contribution in [0.25, 0.3) is 0 Å². The SMILES string of the molecule is C[Si](Cl)(Cl)CC[Si](Cl)(Cl)CC[Si](C)(Cl)Cl.C[Si](O)(Cl)CCCCCCC[Si](C)(O)Cl.C[Si](O)(O)CCC[CH-]CCC[Si](C)(O)O.C[Si](O)(O)CCC[Si](Cl)(Cl)CCC[Si](C)(Cl)Cl.C[Si](O)(O)CCC[Si](O)(O)CCC[Si](C)(O)O.C[Si](O)(O)CC[Si](O)(O)CC[Si](C)(O)O.[Y]. The molecule has 0 aromatic rings. The summed E-state index contributed by atoms with van der Waals surface area (Å²) in [5.41, 5.74) is 0. The van der Waals surface area contributed by atoms with Crippen molar-refractivity contribution in [2.75, 3.05) is 0 Å². The first-order chi connectivity index (χ1) is 41.1. The molecule has 0 aliphatic rings. The van der Waals surface area contributed by atoms with Gasteiger partial charge in [-0.05, 0) is 212 Å². The first-order valence-electron chi connectivity index (χ1n) is 31.6. The van der Waals surface area contributed by atoms with Crippen molar-refractivity contribution in [3.63, 3.8) is 0 Å². The van der Waals surface area contributed by atoms with Crippen LogP contribution >= 0.6 is 133 Å². The van der Waals surface area contributed by atoms with Crippen molar-refractivity contribution < 1.29 is 129 Å². The van der Waals surface area contributed by atoms with Gasteiger partial charge in [0.25, 0.3) is 28.6 Å². The molecule has 0 spiro atoms. The minimum absolute atomic E-state index is 0. The molecule has 2 atom stereocenters. The molecule has 0 aliphatic carbocycles. The fourth-order valence-electron chi connectivity index (χ4n) is 7.66. The van der Waals surface area contributed by atoms with Crippen molar-refractivity contribution in [3.05, 3.63) is 6.42 Å². The van der Waals surface area contributed by atoms with Gasteiger partial charge in [-0.25, -0.2) is 0 Å². The van der Waals surface area contributed by atoms with Gasteiger partial charge >= 0.3 is 77.0 Å². The van der Waals surface area contributed by atoms with Gasteiger partial charge in [-0.1, -0.05) is 57.8 Å². The summed E-state index contributed by atoms with van der Waals surface area (Å²) in [6.07, 6.45) is 13.2. The van der Waals surface area contributed by atoms with Crippen LogP contribution in [0.5, 0.6) is 0 Å². The molecule has 20 N–H and O–H groups in total.